The van der Waals surface area contributed by atoms with Crippen LogP contribution in [0.2, 0.25) is 0 Å². The zero-order valence-corrected chi connectivity index (χ0v) is 19.0. The molecule has 2 aromatic rings. The first-order chi connectivity index (χ1) is 16.0. The highest BCUT2D eigenvalue weighted by molar-refractivity contribution is 6.46. The van der Waals surface area contributed by atoms with Gasteiger partial charge in [0.25, 0.3) is 11.7 Å². The van der Waals surface area contributed by atoms with Crippen LogP contribution >= 0.6 is 0 Å². The van der Waals surface area contributed by atoms with E-state index in [2.05, 4.69) is 0 Å². The van der Waals surface area contributed by atoms with Gasteiger partial charge in [0, 0.05) is 12.1 Å². The van der Waals surface area contributed by atoms with Crippen LogP contribution in [0.1, 0.15) is 36.9 Å². The van der Waals surface area contributed by atoms with Crippen LogP contribution in [0.15, 0.2) is 48.0 Å². The predicted molar refractivity (Wildman–Crippen MR) is 122 cm³/mol. The Morgan fingerprint density at radius 1 is 1.06 bits per heavy atom. The maximum Gasteiger partial charge on any atom is 0.295 e. The summed E-state index contributed by atoms with van der Waals surface area (Å²) in [5, 5.41) is 20.3. The minimum absolute atomic E-state index is 0.00244. The first-order valence-electron chi connectivity index (χ1n) is 10.8. The van der Waals surface area contributed by atoms with Gasteiger partial charge < -0.3 is 29.3 Å². The number of amides is 1. The van der Waals surface area contributed by atoms with Crippen LogP contribution in [-0.4, -0.2) is 60.8 Å². The summed E-state index contributed by atoms with van der Waals surface area (Å²) in [6, 6.07) is 11.0. The Kier molecular flexibility index (Phi) is 7.95. The molecule has 1 unspecified atom stereocenters. The summed E-state index contributed by atoms with van der Waals surface area (Å²) >= 11 is 0. The molecule has 33 heavy (non-hydrogen) atoms. The first kappa shape index (κ1) is 24.1. The second kappa shape index (κ2) is 10.9. The fraction of sp³-hybridized carbons (Fsp3) is 0.360. The summed E-state index contributed by atoms with van der Waals surface area (Å²) in [6.07, 6.45) is 1.55. The molecule has 0 bridgehead atoms. The molecule has 3 rings (SSSR count). The molecule has 0 aromatic heterocycles. The van der Waals surface area contributed by atoms with Gasteiger partial charge in [-0.25, -0.2) is 0 Å². The minimum atomic E-state index is -0.776. The van der Waals surface area contributed by atoms with Crippen LogP contribution in [-0.2, 0) is 9.59 Å². The summed E-state index contributed by atoms with van der Waals surface area (Å²) in [5.41, 5.74) is 0.962. The number of hydrogen-bond acceptors (Lipinski definition) is 7. The number of aliphatic hydroxyl groups excluding tert-OH is 2. The van der Waals surface area contributed by atoms with E-state index in [4.69, 9.17) is 19.3 Å². The molecule has 2 N–H and O–H groups in total. The van der Waals surface area contributed by atoms with Gasteiger partial charge in [-0.2, -0.15) is 0 Å². The number of aliphatic hydroxyl groups is 2. The van der Waals surface area contributed by atoms with E-state index in [0.29, 0.717) is 41.3 Å². The van der Waals surface area contributed by atoms with Crippen molar-refractivity contribution in [3.8, 4) is 17.2 Å². The van der Waals surface area contributed by atoms with E-state index in [1.54, 1.807) is 42.5 Å². The monoisotopic (exact) mass is 455 g/mol. The van der Waals surface area contributed by atoms with Gasteiger partial charge in [-0.3, -0.25) is 9.59 Å². The SMILES string of the molecule is CCCCN1C(=O)C(=O)/C(=C(/O)c2ccc(OC)c(OC)c2)C1c1cccc(OCCO)c1. The van der Waals surface area contributed by atoms with Crippen LogP contribution in [0, 0.1) is 0 Å². The third-order valence-corrected chi connectivity index (χ3v) is 5.48. The van der Waals surface area contributed by atoms with E-state index in [1.165, 1.54) is 19.1 Å². The molecule has 176 valence electrons. The zero-order valence-electron chi connectivity index (χ0n) is 19.0. The van der Waals surface area contributed by atoms with Crippen molar-refractivity contribution in [2.45, 2.75) is 25.8 Å². The Bertz CT molecular complexity index is 1050. The summed E-state index contributed by atoms with van der Waals surface area (Å²) in [6.45, 7) is 2.35. The molecule has 1 heterocycles. The lowest BCUT2D eigenvalue weighted by molar-refractivity contribution is -0.139. The normalized spacial score (nSPS) is 17.3. The molecule has 2 aromatic carbocycles. The Labute approximate surface area is 193 Å². The molecule has 0 spiro atoms. The third-order valence-electron chi connectivity index (χ3n) is 5.48. The van der Waals surface area contributed by atoms with Gasteiger partial charge in [-0.1, -0.05) is 25.5 Å². The van der Waals surface area contributed by atoms with E-state index in [1.807, 2.05) is 6.92 Å². The fourth-order valence-electron chi connectivity index (χ4n) is 3.86. The number of methoxy groups -OCH3 is 2. The minimum Gasteiger partial charge on any atom is -0.507 e. The van der Waals surface area contributed by atoms with E-state index >= 15 is 0 Å². The number of ketones is 1. The second-order valence-electron chi connectivity index (χ2n) is 7.56. The van der Waals surface area contributed by atoms with Gasteiger partial charge in [-0.15, -0.1) is 0 Å². The highest BCUT2D eigenvalue weighted by Crippen LogP contribution is 2.41. The van der Waals surface area contributed by atoms with Crippen molar-refractivity contribution < 1.29 is 34.0 Å². The highest BCUT2D eigenvalue weighted by Gasteiger charge is 2.45. The maximum atomic E-state index is 13.1. The topological polar surface area (TPSA) is 106 Å². The lowest BCUT2D eigenvalue weighted by atomic mass is 9.95. The van der Waals surface area contributed by atoms with E-state index < -0.39 is 17.7 Å². The maximum absolute atomic E-state index is 13.1. The lowest BCUT2D eigenvalue weighted by Crippen LogP contribution is -2.30. The van der Waals surface area contributed by atoms with Crippen LogP contribution < -0.4 is 14.2 Å². The molecular weight excluding hydrogens is 426 g/mol. The summed E-state index contributed by atoms with van der Waals surface area (Å²) in [5.74, 6) is -0.337. The Morgan fingerprint density at radius 2 is 1.82 bits per heavy atom. The third kappa shape index (κ3) is 4.96. The van der Waals surface area contributed by atoms with Crippen molar-refractivity contribution in [1.29, 1.82) is 0 Å². The zero-order chi connectivity index (χ0) is 24.0. The number of Topliss-reactive ketones (excluding diaryl/α,β-unsaturated/α-hetero) is 1. The molecule has 1 saturated heterocycles. The molecule has 1 fully saturated rings. The highest BCUT2D eigenvalue weighted by atomic mass is 16.5. The lowest BCUT2D eigenvalue weighted by Gasteiger charge is -2.25. The number of ether oxygens (including phenoxy) is 3. The standard InChI is InChI=1S/C25H29NO7/c1-4-5-11-26-22(16-7-6-8-18(14-16)33-13-12-27)21(24(29)25(26)30)23(28)17-9-10-19(31-2)20(15-17)32-3/h6-10,14-15,22,27-28H,4-5,11-13H2,1-3H3/b23-21+. The first-order valence-corrected chi connectivity index (χ1v) is 10.8. The van der Waals surface area contributed by atoms with Crippen molar-refractivity contribution in [3.05, 3.63) is 59.2 Å². The smallest absolute Gasteiger partial charge is 0.295 e. The molecule has 1 aliphatic rings. The Balaban J connectivity index is 2.15. The van der Waals surface area contributed by atoms with Crippen molar-refractivity contribution in [2.24, 2.45) is 0 Å². The van der Waals surface area contributed by atoms with Crippen LogP contribution in [0.5, 0.6) is 17.2 Å². The van der Waals surface area contributed by atoms with E-state index in [9.17, 15) is 14.7 Å². The van der Waals surface area contributed by atoms with E-state index in [-0.39, 0.29) is 24.5 Å². The van der Waals surface area contributed by atoms with Gasteiger partial charge in [0.15, 0.2) is 11.5 Å². The number of likely N-dealkylation sites (tertiary alicyclic amines) is 1. The number of hydrogen-bond donors (Lipinski definition) is 2. The summed E-state index contributed by atoms with van der Waals surface area (Å²) < 4.78 is 16.1. The van der Waals surface area contributed by atoms with Crippen LogP contribution in [0.4, 0.5) is 0 Å². The van der Waals surface area contributed by atoms with Gasteiger partial charge in [0.05, 0.1) is 32.4 Å². The molecule has 1 aliphatic heterocycles. The van der Waals surface area contributed by atoms with Crippen molar-refractivity contribution in [1.82, 2.24) is 4.90 Å². The van der Waals surface area contributed by atoms with Crippen molar-refractivity contribution in [2.75, 3.05) is 34.0 Å². The average molecular weight is 456 g/mol. The molecule has 0 saturated carbocycles. The molecule has 1 amide bonds. The van der Waals surface area contributed by atoms with Crippen molar-refractivity contribution >= 4 is 17.4 Å². The fourth-order valence-corrected chi connectivity index (χ4v) is 3.86. The summed E-state index contributed by atoms with van der Waals surface area (Å²) in [7, 11) is 2.98. The van der Waals surface area contributed by atoms with Crippen molar-refractivity contribution in [3.63, 3.8) is 0 Å². The summed E-state index contributed by atoms with van der Waals surface area (Å²) in [4.78, 5) is 27.5. The number of unbranched alkanes of at least 4 members (excludes halogenated alkanes) is 1. The number of nitrogens with zero attached hydrogens (tertiary/aromatic N) is 1. The number of carbonyl (C=O) groups is 2. The predicted octanol–water partition coefficient (Wildman–Crippen LogP) is 3.30. The van der Waals surface area contributed by atoms with E-state index in [0.717, 1.165) is 6.42 Å². The molecule has 8 nitrogen and oxygen atoms in total. The van der Waals surface area contributed by atoms with Crippen LogP contribution in [0.3, 0.4) is 0 Å². The molecule has 1 atom stereocenters. The number of carbonyl (C=O) groups excluding carboxylic acids is 2. The van der Waals surface area contributed by atoms with Gasteiger partial charge in [0.1, 0.15) is 18.1 Å². The second-order valence-corrected chi connectivity index (χ2v) is 7.56. The van der Waals surface area contributed by atoms with Crippen LogP contribution in [0.25, 0.3) is 5.76 Å². The largest absolute Gasteiger partial charge is 0.507 e. The number of rotatable bonds is 10. The average Bonchev–Trinajstić information content (AvgIpc) is 3.10. The Hall–Kier alpha value is -3.52. The van der Waals surface area contributed by atoms with Gasteiger partial charge in [0.2, 0.25) is 0 Å². The quantitative estimate of drug-likeness (QED) is 0.322. The van der Waals surface area contributed by atoms with Gasteiger partial charge in [-0.05, 0) is 42.3 Å². The van der Waals surface area contributed by atoms with Gasteiger partial charge >= 0.3 is 0 Å². The Morgan fingerprint density at radius 3 is 2.48 bits per heavy atom. The molecule has 8 heteroatoms. The molecule has 0 radical (unpaired) electrons. The molecule has 0 aliphatic carbocycles. The molecular formula is C25H29NO7. The number of benzene rings is 2.